The Morgan fingerprint density at radius 2 is 2.24 bits per heavy atom. The second-order valence-electron chi connectivity index (χ2n) is 4.68. The smallest absolute Gasteiger partial charge is 0.257 e. The molecule has 1 amide bonds. The summed E-state index contributed by atoms with van der Waals surface area (Å²) in [6.45, 7) is 1.86. The predicted molar refractivity (Wildman–Crippen MR) is 82.4 cm³/mol. The van der Waals surface area contributed by atoms with Gasteiger partial charge in [-0.2, -0.15) is 11.8 Å². The number of nitrogens with two attached hydrogens (primary N) is 1. The molecule has 0 radical (unpaired) electrons. The SMILES string of the molecule is CCS(=O)(=O)C1CSCCN1C(=O)c1cccc(F)c1N. The predicted octanol–water partition coefficient (Wildman–Crippen LogP) is 1.36. The van der Waals surface area contributed by atoms with Crippen molar-refractivity contribution in [2.45, 2.75) is 12.3 Å². The third-order valence-electron chi connectivity index (χ3n) is 3.45. The Labute approximate surface area is 127 Å². The maximum Gasteiger partial charge on any atom is 0.257 e. The minimum Gasteiger partial charge on any atom is -0.396 e. The van der Waals surface area contributed by atoms with E-state index >= 15 is 0 Å². The Kier molecular flexibility index (Phi) is 4.77. The van der Waals surface area contributed by atoms with Crippen LogP contribution in [0.15, 0.2) is 18.2 Å². The van der Waals surface area contributed by atoms with Gasteiger partial charge in [0, 0.05) is 23.8 Å². The highest BCUT2D eigenvalue weighted by molar-refractivity contribution is 8.01. The number of carbonyl (C=O) groups excluding carboxylic acids is 1. The molecule has 1 atom stereocenters. The van der Waals surface area contributed by atoms with E-state index in [1.165, 1.54) is 34.9 Å². The number of benzene rings is 1. The zero-order valence-corrected chi connectivity index (χ0v) is 13.2. The molecular formula is C13H17FN2O3S2. The molecule has 1 unspecified atom stereocenters. The lowest BCUT2D eigenvalue weighted by Gasteiger charge is -2.35. The van der Waals surface area contributed by atoms with Gasteiger partial charge in [-0.05, 0) is 12.1 Å². The van der Waals surface area contributed by atoms with Gasteiger partial charge in [0.1, 0.15) is 11.2 Å². The van der Waals surface area contributed by atoms with E-state index in [0.717, 1.165) is 0 Å². The van der Waals surface area contributed by atoms with E-state index in [-0.39, 0.29) is 17.0 Å². The molecule has 1 aromatic carbocycles. The van der Waals surface area contributed by atoms with Crippen LogP contribution in [0.4, 0.5) is 10.1 Å². The molecule has 5 nitrogen and oxygen atoms in total. The molecule has 0 bridgehead atoms. The first kappa shape index (κ1) is 16.1. The van der Waals surface area contributed by atoms with Crippen molar-refractivity contribution in [2.24, 2.45) is 0 Å². The van der Waals surface area contributed by atoms with Crippen LogP contribution < -0.4 is 5.73 Å². The number of amides is 1. The van der Waals surface area contributed by atoms with Gasteiger partial charge in [-0.15, -0.1) is 0 Å². The van der Waals surface area contributed by atoms with Crippen molar-refractivity contribution in [3.05, 3.63) is 29.6 Å². The molecule has 0 aliphatic carbocycles. The quantitative estimate of drug-likeness (QED) is 0.845. The zero-order chi connectivity index (χ0) is 15.6. The summed E-state index contributed by atoms with van der Waals surface area (Å²) in [4.78, 5) is 13.8. The van der Waals surface area contributed by atoms with Crippen LogP contribution >= 0.6 is 11.8 Å². The summed E-state index contributed by atoms with van der Waals surface area (Å²) in [5.74, 6) is -0.273. The standard InChI is InChI=1S/C13H17FN2O3S2/c1-2-21(18,19)11-8-20-7-6-16(11)13(17)9-4-3-5-10(14)12(9)15/h3-5,11H,2,6-8,15H2,1H3. The molecular weight excluding hydrogens is 315 g/mol. The fraction of sp³-hybridized carbons (Fsp3) is 0.462. The first-order valence-electron chi connectivity index (χ1n) is 6.52. The molecule has 2 N–H and O–H groups in total. The van der Waals surface area contributed by atoms with Crippen LogP contribution in [0.3, 0.4) is 0 Å². The number of para-hydroxylation sites is 1. The fourth-order valence-electron chi connectivity index (χ4n) is 2.18. The van der Waals surface area contributed by atoms with Gasteiger partial charge >= 0.3 is 0 Å². The number of carbonyl (C=O) groups is 1. The van der Waals surface area contributed by atoms with Crippen molar-refractivity contribution >= 4 is 33.2 Å². The second kappa shape index (κ2) is 6.23. The van der Waals surface area contributed by atoms with E-state index in [1.54, 1.807) is 6.92 Å². The number of halogens is 1. The number of hydrogen-bond donors (Lipinski definition) is 1. The summed E-state index contributed by atoms with van der Waals surface area (Å²) in [6.07, 6.45) is 0. The van der Waals surface area contributed by atoms with Crippen molar-refractivity contribution in [1.29, 1.82) is 0 Å². The highest BCUT2D eigenvalue weighted by Crippen LogP contribution is 2.25. The van der Waals surface area contributed by atoms with Crippen LogP contribution in [0.25, 0.3) is 0 Å². The van der Waals surface area contributed by atoms with Crippen molar-refractivity contribution in [3.63, 3.8) is 0 Å². The van der Waals surface area contributed by atoms with Gasteiger partial charge in [-0.25, -0.2) is 12.8 Å². The first-order chi connectivity index (χ1) is 9.88. The Morgan fingerprint density at radius 3 is 2.90 bits per heavy atom. The van der Waals surface area contributed by atoms with Crippen LogP contribution in [-0.4, -0.2) is 48.4 Å². The number of anilines is 1. The van der Waals surface area contributed by atoms with Gasteiger partial charge in [0.15, 0.2) is 9.84 Å². The summed E-state index contributed by atoms with van der Waals surface area (Å²) in [7, 11) is -3.40. The van der Waals surface area contributed by atoms with E-state index in [1.807, 2.05) is 0 Å². The average molecular weight is 332 g/mol. The number of sulfone groups is 1. The number of hydrogen-bond acceptors (Lipinski definition) is 5. The van der Waals surface area contributed by atoms with Crippen LogP contribution in [0.2, 0.25) is 0 Å². The third kappa shape index (κ3) is 3.16. The molecule has 116 valence electrons. The lowest BCUT2D eigenvalue weighted by molar-refractivity contribution is 0.0750. The summed E-state index contributed by atoms with van der Waals surface area (Å²) in [5.41, 5.74) is 5.37. The van der Waals surface area contributed by atoms with Gasteiger partial charge < -0.3 is 10.6 Å². The van der Waals surface area contributed by atoms with Gasteiger partial charge in [0.2, 0.25) is 0 Å². The van der Waals surface area contributed by atoms with E-state index in [0.29, 0.717) is 18.1 Å². The van der Waals surface area contributed by atoms with E-state index in [2.05, 4.69) is 0 Å². The molecule has 0 aromatic heterocycles. The Morgan fingerprint density at radius 1 is 1.52 bits per heavy atom. The number of nitrogens with zero attached hydrogens (tertiary/aromatic N) is 1. The van der Waals surface area contributed by atoms with Gasteiger partial charge in [0.25, 0.3) is 5.91 Å². The Bertz CT molecular complexity index is 649. The second-order valence-corrected chi connectivity index (χ2v) is 8.28. The van der Waals surface area contributed by atoms with E-state index in [4.69, 9.17) is 5.73 Å². The number of rotatable bonds is 3. The maximum atomic E-state index is 13.5. The Hall–Kier alpha value is -1.28. The fourth-order valence-corrected chi connectivity index (χ4v) is 5.15. The molecule has 0 spiro atoms. The van der Waals surface area contributed by atoms with Crippen LogP contribution in [0, 0.1) is 5.82 Å². The minimum atomic E-state index is -3.40. The Balaban J connectivity index is 2.38. The molecule has 1 aliphatic rings. The van der Waals surface area contributed by atoms with E-state index in [9.17, 15) is 17.6 Å². The normalized spacial score (nSPS) is 19.5. The highest BCUT2D eigenvalue weighted by Gasteiger charge is 2.36. The topological polar surface area (TPSA) is 80.5 Å². The molecule has 0 saturated carbocycles. The molecule has 21 heavy (non-hydrogen) atoms. The molecule has 2 rings (SSSR count). The zero-order valence-electron chi connectivity index (χ0n) is 11.6. The van der Waals surface area contributed by atoms with Crippen molar-refractivity contribution < 1.29 is 17.6 Å². The van der Waals surface area contributed by atoms with E-state index < -0.39 is 26.9 Å². The third-order valence-corrected chi connectivity index (χ3v) is 6.73. The van der Waals surface area contributed by atoms with Gasteiger partial charge in [-0.3, -0.25) is 4.79 Å². The lowest BCUT2D eigenvalue weighted by Crippen LogP contribution is -2.50. The largest absolute Gasteiger partial charge is 0.396 e. The highest BCUT2D eigenvalue weighted by atomic mass is 32.2. The molecule has 1 aromatic rings. The molecule has 8 heteroatoms. The van der Waals surface area contributed by atoms with Crippen LogP contribution in [-0.2, 0) is 9.84 Å². The molecule has 1 aliphatic heterocycles. The van der Waals surface area contributed by atoms with Crippen LogP contribution in [0.1, 0.15) is 17.3 Å². The minimum absolute atomic E-state index is 0.0122. The van der Waals surface area contributed by atoms with Gasteiger partial charge in [0.05, 0.1) is 11.3 Å². The first-order valence-corrected chi connectivity index (χ1v) is 9.39. The van der Waals surface area contributed by atoms with Crippen molar-refractivity contribution in [2.75, 3.05) is 29.5 Å². The van der Waals surface area contributed by atoms with Crippen LogP contribution in [0.5, 0.6) is 0 Å². The number of nitrogen functional groups attached to an aromatic ring is 1. The molecule has 1 saturated heterocycles. The summed E-state index contributed by atoms with van der Waals surface area (Å²) in [5, 5.41) is -0.878. The molecule has 1 fully saturated rings. The summed E-state index contributed by atoms with van der Waals surface area (Å²) >= 11 is 1.49. The average Bonchev–Trinajstić information content (AvgIpc) is 2.49. The number of thioether (sulfide) groups is 1. The monoisotopic (exact) mass is 332 g/mol. The van der Waals surface area contributed by atoms with Gasteiger partial charge in [-0.1, -0.05) is 13.0 Å². The van der Waals surface area contributed by atoms with Crippen molar-refractivity contribution in [3.8, 4) is 0 Å². The maximum absolute atomic E-state index is 13.5. The van der Waals surface area contributed by atoms with Crippen molar-refractivity contribution in [1.82, 2.24) is 4.90 Å². The molecule has 1 heterocycles. The lowest BCUT2D eigenvalue weighted by atomic mass is 10.1. The summed E-state index contributed by atoms with van der Waals surface area (Å²) in [6, 6.07) is 3.97. The summed E-state index contributed by atoms with van der Waals surface area (Å²) < 4.78 is 37.8.